The van der Waals surface area contributed by atoms with E-state index in [1.165, 1.54) is 4.90 Å². The SMILES string of the molecule is CCC1CC(=O)N(c2ccc(C(C)(C)CCC(N)=O)cc2)C1=O. The number of primary amides is 1. The first kappa shape index (κ1) is 17.2. The summed E-state index contributed by atoms with van der Waals surface area (Å²) in [5, 5.41) is 0. The van der Waals surface area contributed by atoms with Gasteiger partial charge in [0.25, 0.3) is 0 Å². The number of nitrogens with zero attached hydrogens (tertiary/aromatic N) is 1. The van der Waals surface area contributed by atoms with Gasteiger partial charge in [0.05, 0.1) is 5.69 Å². The van der Waals surface area contributed by atoms with Gasteiger partial charge >= 0.3 is 0 Å². The molecule has 1 unspecified atom stereocenters. The minimum Gasteiger partial charge on any atom is -0.370 e. The number of hydrogen-bond donors (Lipinski definition) is 1. The molecule has 23 heavy (non-hydrogen) atoms. The molecular weight excluding hydrogens is 292 g/mol. The summed E-state index contributed by atoms with van der Waals surface area (Å²) in [7, 11) is 0. The summed E-state index contributed by atoms with van der Waals surface area (Å²) in [5.74, 6) is -0.761. The van der Waals surface area contributed by atoms with Gasteiger partial charge in [-0.2, -0.15) is 0 Å². The lowest BCUT2D eigenvalue weighted by molar-refractivity contribution is -0.122. The van der Waals surface area contributed by atoms with E-state index in [9.17, 15) is 14.4 Å². The van der Waals surface area contributed by atoms with E-state index in [0.29, 0.717) is 31.4 Å². The minimum atomic E-state index is -0.312. The molecule has 0 spiro atoms. The van der Waals surface area contributed by atoms with Crippen LogP contribution in [0.15, 0.2) is 24.3 Å². The van der Waals surface area contributed by atoms with Crippen molar-refractivity contribution in [3.05, 3.63) is 29.8 Å². The summed E-state index contributed by atoms with van der Waals surface area (Å²) in [6.07, 6.45) is 1.96. The van der Waals surface area contributed by atoms with Gasteiger partial charge in [-0.05, 0) is 36.0 Å². The summed E-state index contributed by atoms with van der Waals surface area (Å²) in [6, 6.07) is 7.43. The Labute approximate surface area is 136 Å². The Morgan fingerprint density at radius 3 is 2.35 bits per heavy atom. The second kappa shape index (κ2) is 6.52. The average molecular weight is 316 g/mol. The van der Waals surface area contributed by atoms with Crippen molar-refractivity contribution < 1.29 is 14.4 Å². The van der Waals surface area contributed by atoms with Crippen molar-refractivity contribution in [1.82, 2.24) is 0 Å². The molecule has 0 aliphatic carbocycles. The molecule has 5 nitrogen and oxygen atoms in total. The van der Waals surface area contributed by atoms with Crippen LogP contribution in [-0.2, 0) is 19.8 Å². The molecule has 1 aromatic rings. The highest BCUT2D eigenvalue weighted by atomic mass is 16.2. The maximum absolute atomic E-state index is 12.3. The fourth-order valence-electron chi connectivity index (χ4n) is 2.93. The maximum atomic E-state index is 12.3. The highest BCUT2D eigenvalue weighted by Gasteiger charge is 2.38. The Morgan fingerprint density at radius 2 is 1.87 bits per heavy atom. The number of rotatable bonds is 6. The van der Waals surface area contributed by atoms with Crippen LogP contribution in [-0.4, -0.2) is 17.7 Å². The topological polar surface area (TPSA) is 80.5 Å². The second-order valence-corrected chi connectivity index (χ2v) is 6.77. The molecule has 0 bridgehead atoms. The van der Waals surface area contributed by atoms with Crippen molar-refractivity contribution in [3.63, 3.8) is 0 Å². The molecule has 1 saturated heterocycles. The number of hydrogen-bond acceptors (Lipinski definition) is 3. The third-order valence-electron chi connectivity index (χ3n) is 4.64. The van der Waals surface area contributed by atoms with Crippen LogP contribution in [0.3, 0.4) is 0 Å². The number of amides is 3. The van der Waals surface area contributed by atoms with Gasteiger partial charge in [-0.3, -0.25) is 19.3 Å². The first-order valence-electron chi connectivity index (χ1n) is 8.02. The zero-order chi connectivity index (χ0) is 17.2. The van der Waals surface area contributed by atoms with Crippen LogP contribution in [0, 0.1) is 5.92 Å². The van der Waals surface area contributed by atoms with E-state index in [1.807, 2.05) is 32.9 Å². The molecule has 0 aromatic heterocycles. The normalized spacial score (nSPS) is 18.6. The molecule has 5 heteroatoms. The van der Waals surface area contributed by atoms with Crippen molar-refractivity contribution in [2.45, 2.75) is 51.9 Å². The molecule has 2 N–H and O–H groups in total. The zero-order valence-corrected chi connectivity index (χ0v) is 14.0. The fourth-order valence-corrected chi connectivity index (χ4v) is 2.93. The molecule has 0 radical (unpaired) electrons. The number of carbonyl (C=O) groups is 3. The predicted octanol–water partition coefficient (Wildman–Crippen LogP) is 2.52. The highest BCUT2D eigenvalue weighted by molar-refractivity contribution is 6.20. The highest BCUT2D eigenvalue weighted by Crippen LogP contribution is 2.32. The summed E-state index contributed by atoms with van der Waals surface area (Å²) < 4.78 is 0. The Balaban J connectivity index is 2.18. The van der Waals surface area contributed by atoms with Gasteiger partial charge in [0.2, 0.25) is 17.7 Å². The van der Waals surface area contributed by atoms with Gasteiger partial charge < -0.3 is 5.73 Å². The number of anilines is 1. The molecule has 124 valence electrons. The largest absolute Gasteiger partial charge is 0.370 e. The lowest BCUT2D eigenvalue weighted by Crippen LogP contribution is -2.30. The first-order valence-corrected chi connectivity index (χ1v) is 8.02. The third-order valence-corrected chi connectivity index (χ3v) is 4.64. The average Bonchev–Trinajstić information content (AvgIpc) is 2.79. The van der Waals surface area contributed by atoms with E-state index in [-0.39, 0.29) is 29.1 Å². The Kier molecular flexibility index (Phi) is 4.88. The molecule has 3 amide bonds. The molecule has 0 saturated carbocycles. The molecule has 1 heterocycles. The van der Waals surface area contributed by atoms with Crippen LogP contribution in [0.4, 0.5) is 5.69 Å². The molecule has 1 aliphatic rings. The van der Waals surface area contributed by atoms with Crippen LogP contribution in [0.25, 0.3) is 0 Å². The summed E-state index contributed by atoms with van der Waals surface area (Å²) in [5.41, 5.74) is 6.69. The third kappa shape index (κ3) is 3.60. The first-order chi connectivity index (χ1) is 10.8. The van der Waals surface area contributed by atoms with Crippen LogP contribution in [0.2, 0.25) is 0 Å². The van der Waals surface area contributed by atoms with E-state index in [2.05, 4.69) is 0 Å². The maximum Gasteiger partial charge on any atom is 0.237 e. The smallest absolute Gasteiger partial charge is 0.237 e. The van der Waals surface area contributed by atoms with Crippen molar-refractivity contribution >= 4 is 23.4 Å². The van der Waals surface area contributed by atoms with E-state index in [4.69, 9.17) is 5.73 Å². The Hall–Kier alpha value is -2.17. The summed E-state index contributed by atoms with van der Waals surface area (Å²) >= 11 is 0. The monoisotopic (exact) mass is 316 g/mol. The molecule has 2 rings (SSSR count). The Bertz CT molecular complexity index is 620. The van der Waals surface area contributed by atoms with Gasteiger partial charge in [0, 0.05) is 18.8 Å². The van der Waals surface area contributed by atoms with Crippen molar-refractivity contribution in [2.75, 3.05) is 4.90 Å². The van der Waals surface area contributed by atoms with Gasteiger partial charge in [-0.1, -0.05) is 32.9 Å². The molecule has 1 atom stereocenters. The summed E-state index contributed by atoms with van der Waals surface area (Å²) in [4.78, 5) is 36.6. The lowest BCUT2D eigenvalue weighted by Gasteiger charge is -2.25. The van der Waals surface area contributed by atoms with Gasteiger partial charge in [-0.15, -0.1) is 0 Å². The molecule has 1 aliphatic heterocycles. The van der Waals surface area contributed by atoms with Crippen LogP contribution >= 0.6 is 0 Å². The molecule has 1 fully saturated rings. The van der Waals surface area contributed by atoms with Crippen LogP contribution in [0.5, 0.6) is 0 Å². The van der Waals surface area contributed by atoms with Crippen LogP contribution in [0.1, 0.15) is 52.0 Å². The number of nitrogens with two attached hydrogens (primary N) is 1. The molecule has 1 aromatic carbocycles. The zero-order valence-electron chi connectivity index (χ0n) is 14.0. The number of carbonyl (C=O) groups excluding carboxylic acids is 3. The second-order valence-electron chi connectivity index (χ2n) is 6.77. The minimum absolute atomic E-state index is 0.113. The van der Waals surface area contributed by atoms with E-state index in [1.54, 1.807) is 12.1 Å². The van der Waals surface area contributed by atoms with E-state index < -0.39 is 0 Å². The van der Waals surface area contributed by atoms with Gasteiger partial charge in [-0.25, -0.2) is 0 Å². The van der Waals surface area contributed by atoms with Gasteiger partial charge in [0.15, 0.2) is 0 Å². The number of benzene rings is 1. The predicted molar refractivity (Wildman–Crippen MR) is 88.8 cm³/mol. The van der Waals surface area contributed by atoms with E-state index in [0.717, 1.165) is 5.56 Å². The van der Waals surface area contributed by atoms with Crippen molar-refractivity contribution in [3.8, 4) is 0 Å². The quantitative estimate of drug-likeness (QED) is 0.819. The molecular formula is C18H24N2O3. The van der Waals surface area contributed by atoms with Crippen LogP contribution < -0.4 is 10.6 Å². The van der Waals surface area contributed by atoms with Gasteiger partial charge in [0.1, 0.15) is 0 Å². The number of imide groups is 1. The lowest BCUT2D eigenvalue weighted by atomic mass is 9.80. The fraction of sp³-hybridized carbons (Fsp3) is 0.500. The Morgan fingerprint density at radius 1 is 1.26 bits per heavy atom. The van der Waals surface area contributed by atoms with Crippen molar-refractivity contribution in [2.24, 2.45) is 11.7 Å². The standard InChI is InChI=1S/C18H24N2O3/c1-4-12-11-16(22)20(17(12)23)14-7-5-13(6-8-14)18(2,3)10-9-15(19)21/h5-8,12H,4,9-11H2,1-3H3,(H2,19,21). The van der Waals surface area contributed by atoms with E-state index >= 15 is 0 Å². The van der Waals surface area contributed by atoms with Crippen molar-refractivity contribution in [1.29, 1.82) is 0 Å². The summed E-state index contributed by atoms with van der Waals surface area (Å²) in [6.45, 7) is 6.01.